The van der Waals surface area contributed by atoms with Crippen LogP contribution in [0.3, 0.4) is 0 Å². The van der Waals surface area contributed by atoms with Crippen LogP contribution in [-0.4, -0.2) is 35.2 Å². The van der Waals surface area contributed by atoms with Crippen molar-refractivity contribution in [3.63, 3.8) is 0 Å². The molecule has 0 saturated heterocycles. The summed E-state index contributed by atoms with van der Waals surface area (Å²) in [6.07, 6.45) is 0.908. The minimum atomic E-state index is -0.691. The highest BCUT2D eigenvalue weighted by Crippen LogP contribution is 2.28. The predicted molar refractivity (Wildman–Crippen MR) is 56.1 cm³/mol. The SMILES string of the molecule is NCC(SCC(O)CO)c1ccco1. The van der Waals surface area contributed by atoms with E-state index in [1.807, 2.05) is 6.07 Å². The fourth-order valence-electron chi connectivity index (χ4n) is 1.02. The third kappa shape index (κ3) is 3.34. The predicted octanol–water partition coefficient (Wildman–Crippen LogP) is 0.366. The minimum absolute atomic E-state index is 0.0474. The average molecular weight is 217 g/mol. The zero-order valence-corrected chi connectivity index (χ0v) is 8.61. The molecule has 0 spiro atoms. The van der Waals surface area contributed by atoms with Crippen LogP contribution in [-0.2, 0) is 0 Å². The molecule has 14 heavy (non-hydrogen) atoms. The second-order valence-electron chi connectivity index (χ2n) is 2.91. The quantitative estimate of drug-likeness (QED) is 0.641. The molecule has 2 atom stereocenters. The normalized spacial score (nSPS) is 15.4. The van der Waals surface area contributed by atoms with Crippen LogP contribution in [0.1, 0.15) is 11.0 Å². The molecule has 1 rings (SSSR count). The van der Waals surface area contributed by atoms with E-state index >= 15 is 0 Å². The standard InChI is InChI=1S/C9H15NO3S/c10-4-9(8-2-1-3-13-8)14-6-7(12)5-11/h1-3,7,9,11-12H,4-6,10H2. The van der Waals surface area contributed by atoms with Crippen molar-refractivity contribution in [2.24, 2.45) is 5.73 Å². The number of rotatable bonds is 6. The van der Waals surface area contributed by atoms with E-state index in [0.717, 1.165) is 5.76 Å². The highest BCUT2D eigenvalue weighted by atomic mass is 32.2. The van der Waals surface area contributed by atoms with E-state index in [-0.39, 0.29) is 11.9 Å². The molecular weight excluding hydrogens is 202 g/mol. The summed E-state index contributed by atoms with van der Waals surface area (Å²) in [5.41, 5.74) is 5.57. The van der Waals surface area contributed by atoms with Crippen LogP contribution in [0.4, 0.5) is 0 Å². The number of nitrogens with two attached hydrogens (primary N) is 1. The van der Waals surface area contributed by atoms with Crippen LogP contribution in [0.25, 0.3) is 0 Å². The van der Waals surface area contributed by atoms with Gasteiger partial charge in [-0.3, -0.25) is 0 Å². The van der Waals surface area contributed by atoms with Crippen LogP contribution >= 0.6 is 11.8 Å². The Morgan fingerprint density at radius 3 is 2.86 bits per heavy atom. The lowest BCUT2D eigenvalue weighted by Gasteiger charge is -2.13. The first-order valence-electron chi connectivity index (χ1n) is 4.42. The molecule has 2 unspecified atom stereocenters. The van der Waals surface area contributed by atoms with Crippen molar-refractivity contribution in [3.05, 3.63) is 24.2 Å². The molecule has 0 aromatic carbocycles. The molecule has 0 aliphatic heterocycles. The first kappa shape index (κ1) is 11.6. The summed E-state index contributed by atoms with van der Waals surface area (Å²) in [6.45, 7) is 0.235. The van der Waals surface area contributed by atoms with Gasteiger partial charge in [-0.05, 0) is 12.1 Å². The third-order valence-electron chi connectivity index (χ3n) is 1.78. The molecule has 4 N–H and O–H groups in total. The highest BCUT2D eigenvalue weighted by Gasteiger charge is 2.14. The van der Waals surface area contributed by atoms with Crippen molar-refractivity contribution < 1.29 is 14.6 Å². The maximum Gasteiger partial charge on any atom is 0.118 e. The smallest absolute Gasteiger partial charge is 0.118 e. The number of hydrogen-bond donors (Lipinski definition) is 3. The van der Waals surface area contributed by atoms with Crippen molar-refractivity contribution in [1.29, 1.82) is 0 Å². The van der Waals surface area contributed by atoms with Crippen LogP contribution in [0.2, 0.25) is 0 Å². The maximum absolute atomic E-state index is 9.16. The fourth-order valence-corrected chi connectivity index (χ4v) is 2.02. The topological polar surface area (TPSA) is 79.6 Å². The van der Waals surface area contributed by atoms with E-state index in [2.05, 4.69) is 0 Å². The van der Waals surface area contributed by atoms with Crippen LogP contribution in [0.5, 0.6) is 0 Å². The average Bonchev–Trinajstić information content (AvgIpc) is 2.72. The van der Waals surface area contributed by atoms with Gasteiger partial charge in [-0.2, -0.15) is 0 Å². The Morgan fingerprint density at radius 1 is 1.57 bits per heavy atom. The lowest BCUT2D eigenvalue weighted by atomic mass is 10.3. The number of thioether (sulfide) groups is 1. The molecule has 0 bridgehead atoms. The summed E-state index contributed by atoms with van der Waals surface area (Å²) in [5.74, 6) is 1.27. The number of aliphatic hydroxyl groups excluding tert-OH is 2. The summed E-state index contributed by atoms with van der Waals surface area (Å²) in [5, 5.41) is 17.8. The van der Waals surface area contributed by atoms with Crippen molar-refractivity contribution in [1.82, 2.24) is 0 Å². The summed E-state index contributed by atoms with van der Waals surface area (Å²) >= 11 is 1.48. The zero-order valence-electron chi connectivity index (χ0n) is 7.80. The monoisotopic (exact) mass is 217 g/mol. The molecule has 80 valence electrons. The van der Waals surface area contributed by atoms with Gasteiger partial charge >= 0.3 is 0 Å². The molecule has 0 amide bonds. The molecule has 1 heterocycles. The first-order chi connectivity index (χ1) is 6.77. The fraction of sp³-hybridized carbons (Fsp3) is 0.556. The number of aliphatic hydroxyl groups is 2. The third-order valence-corrected chi connectivity index (χ3v) is 3.18. The molecular formula is C9H15NO3S. The van der Waals surface area contributed by atoms with Gasteiger partial charge in [0.05, 0.1) is 24.2 Å². The van der Waals surface area contributed by atoms with Crippen molar-refractivity contribution >= 4 is 11.8 Å². The number of hydrogen-bond acceptors (Lipinski definition) is 5. The Labute approximate surface area is 87.1 Å². The van der Waals surface area contributed by atoms with Gasteiger partial charge in [-0.1, -0.05) is 0 Å². The second kappa shape index (κ2) is 6.08. The largest absolute Gasteiger partial charge is 0.468 e. The molecule has 0 aliphatic rings. The molecule has 0 saturated carbocycles. The molecule has 4 nitrogen and oxygen atoms in total. The Kier molecular flexibility index (Phi) is 5.03. The Hall–Kier alpha value is -0.490. The molecule has 1 aromatic heterocycles. The van der Waals surface area contributed by atoms with Gasteiger partial charge in [0.25, 0.3) is 0 Å². The summed E-state index contributed by atoms with van der Waals surface area (Å²) in [7, 11) is 0. The Balaban J connectivity index is 2.40. The summed E-state index contributed by atoms with van der Waals surface area (Å²) < 4.78 is 5.21. The van der Waals surface area contributed by atoms with E-state index in [0.29, 0.717) is 12.3 Å². The lowest BCUT2D eigenvalue weighted by Crippen LogP contribution is -2.18. The zero-order chi connectivity index (χ0) is 10.4. The van der Waals surface area contributed by atoms with Crippen LogP contribution in [0, 0.1) is 0 Å². The van der Waals surface area contributed by atoms with Crippen molar-refractivity contribution in [2.45, 2.75) is 11.4 Å². The van der Waals surface area contributed by atoms with Gasteiger partial charge in [0.1, 0.15) is 5.76 Å². The first-order valence-corrected chi connectivity index (χ1v) is 5.46. The van der Waals surface area contributed by atoms with E-state index in [1.54, 1.807) is 12.3 Å². The van der Waals surface area contributed by atoms with E-state index < -0.39 is 6.10 Å². The minimum Gasteiger partial charge on any atom is -0.468 e. The molecule has 0 radical (unpaired) electrons. The van der Waals surface area contributed by atoms with Crippen LogP contribution in [0.15, 0.2) is 22.8 Å². The van der Waals surface area contributed by atoms with Crippen molar-refractivity contribution in [3.8, 4) is 0 Å². The molecule has 1 aromatic rings. The van der Waals surface area contributed by atoms with Gasteiger partial charge in [0.15, 0.2) is 0 Å². The van der Waals surface area contributed by atoms with Gasteiger partial charge < -0.3 is 20.4 Å². The summed E-state index contributed by atoms with van der Waals surface area (Å²) in [4.78, 5) is 0. The number of furan rings is 1. The lowest BCUT2D eigenvalue weighted by molar-refractivity contribution is 0.113. The van der Waals surface area contributed by atoms with E-state index in [1.165, 1.54) is 11.8 Å². The van der Waals surface area contributed by atoms with Gasteiger partial charge in [-0.15, -0.1) is 11.8 Å². The maximum atomic E-state index is 9.16. The Morgan fingerprint density at radius 2 is 2.36 bits per heavy atom. The van der Waals surface area contributed by atoms with E-state index in [9.17, 15) is 0 Å². The van der Waals surface area contributed by atoms with Gasteiger partial charge in [0, 0.05) is 12.3 Å². The molecule has 0 fully saturated rings. The second-order valence-corrected chi connectivity index (χ2v) is 4.15. The molecule has 5 heteroatoms. The Bertz CT molecular complexity index is 240. The van der Waals surface area contributed by atoms with Crippen LogP contribution < -0.4 is 5.73 Å². The van der Waals surface area contributed by atoms with Crippen molar-refractivity contribution in [2.75, 3.05) is 18.9 Å². The van der Waals surface area contributed by atoms with Gasteiger partial charge in [-0.25, -0.2) is 0 Å². The van der Waals surface area contributed by atoms with Gasteiger partial charge in [0.2, 0.25) is 0 Å². The highest BCUT2D eigenvalue weighted by molar-refractivity contribution is 7.99. The summed E-state index contributed by atoms with van der Waals surface area (Å²) in [6, 6.07) is 3.66. The van der Waals surface area contributed by atoms with E-state index in [4.69, 9.17) is 20.4 Å². The molecule has 0 aliphatic carbocycles.